The van der Waals surface area contributed by atoms with Crippen molar-refractivity contribution in [3.05, 3.63) is 71.2 Å². The van der Waals surface area contributed by atoms with Crippen molar-refractivity contribution < 1.29 is 22.7 Å². The van der Waals surface area contributed by atoms with E-state index in [0.29, 0.717) is 12.2 Å². The van der Waals surface area contributed by atoms with E-state index in [1.807, 2.05) is 36.4 Å². The number of anilines is 1. The first-order valence-corrected chi connectivity index (χ1v) is 8.99. The van der Waals surface area contributed by atoms with Gasteiger partial charge in [-0.25, -0.2) is 0 Å². The predicted molar refractivity (Wildman–Crippen MR) is 104 cm³/mol. The number of hydrogen-bond donors (Lipinski definition) is 1. The van der Waals surface area contributed by atoms with Gasteiger partial charge in [-0.3, -0.25) is 4.79 Å². The fraction of sp³-hybridized carbons (Fsp3) is 0.190. The van der Waals surface area contributed by atoms with Gasteiger partial charge in [0.1, 0.15) is 5.75 Å². The molecule has 0 spiro atoms. The number of fused-ring (bicyclic) bond motifs is 1. The molecular weight excluding hydrogens is 391 g/mol. The third-order valence-electron chi connectivity index (χ3n) is 4.23. The zero-order valence-electron chi connectivity index (χ0n) is 14.9. The van der Waals surface area contributed by atoms with Crippen molar-refractivity contribution in [1.29, 1.82) is 0 Å². The highest BCUT2D eigenvalue weighted by atomic mass is 35.5. The minimum atomic E-state index is -4.53. The lowest BCUT2D eigenvalue weighted by atomic mass is 10.1. The standard InChI is InChI=1S/C21H17ClF3NO2/c1-2-18(28-19-9-5-7-13-6-3-4-8-15(13)19)20(27)26-17-12-14(21(23,24)25)10-11-16(17)22/h3-12,18H,2H2,1H3,(H,26,27)/t18-/m1/s1. The number of nitrogens with one attached hydrogen (secondary N) is 1. The molecule has 1 atom stereocenters. The Morgan fingerprint density at radius 3 is 2.54 bits per heavy atom. The van der Waals surface area contributed by atoms with Crippen LogP contribution in [0.15, 0.2) is 60.7 Å². The van der Waals surface area contributed by atoms with Crippen molar-refractivity contribution in [2.24, 2.45) is 0 Å². The number of rotatable bonds is 5. The average Bonchev–Trinajstić information content (AvgIpc) is 2.66. The summed E-state index contributed by atoms with van der Waals surface area (Å²) in [7, 11) is 0. The van der Waals surface area contributed by atoms with Gasteiger partial charge in [0.2, 0.25) is 0 Å². The largest absolute Gasteiger partial charge is 0.480 e. The van der Waals surface area contributed by atoms with Crippen LogP contribution >= 0.6 is 11.6 Å². The van der Waals surface area contributed by atoms with Crippen LogP contribution in [0.25, 0.3) is 10.8 Å². The Labute approximate surface area is 165 Å². The maximum absolute atomic E-state index is 12.9. The number of carbonyl (C=O) groups is 1. The Morgan fingerprint density at radius 1 is 1.11 bits per heavy atom. The van der Waals surface area contributed by atoms with E-state index in [9.17, 15) is 18.0 Å². The summed E-state index contributed by atoms with van der Waals surface area (Å²) in [6.07, 6.45) is -5.10. The van der Waals surface area contributed by atoms with Gasteiger partial charge < -0.3 is 10.1 Å². The lowest BCUT2D eigenvalue weighted by Crippen LogP contribution is -2.32. The molecule has 7 heteroatoms. The molecule has 0 aromatic heterocycles. The van der Waals surface area contributed by atoms with Crippen molar-refractivity contribution in [3.63, 3.8) is 0 Å². The van der Waals surface area contributed by atoms with Gasteiger partial charge >= 0.3 is 6.18 Å². The molecule has 3 aromatic carbocycles. The van der Waals surface area contributed by atoms with Gasteiger partial charge in [-0.2, -0.15) is 13.2 Å². The number of ether oxygens (including phenoxy) is 1. The molecule has 0 bridgehead atoms. The first-order chi connectivity index (χ1) is 13.3. The molecule has 0 saturated heterocycles. The fourth-order valence-corrected chi connectivity index (χ4v) is 2.95. The van der Waals surface area contributed by atoms with Gasteiger partial charge in [-0.1, -0.05) is 54.9 Å². The minimum absolute atomic E-state index is 0.0152. The van der Waals surface area contributed by atoms with Gasteiger partial charge in [0, 0.05) is 5.39 Å². The Bertz CT molecular complexity index is 999. The van der Waals surface area contributed by atoms with Crippen LogP contribution in [0.2, 0.25) is 5.02 Å². The number of halogens is 4. The fourth-order valence-electron chi connectivity index (χ4n) is 2.78. The molecule has 1 N–H and O–H groups in total. The van der Waals surface area contributed by atoms with Gasteiger partial charge in [-0.05, 0) is 36.1 Å². The second kappa shape index (κ2) is 8.10. The lowest BCUT2D eigenvalue weighted by Gasteiger charge is -2.19. The van der Waals surface area contributed by atoms with E-state index >= 15 is 0 Å². The molecule has 146 valence electrons. The summed E-state index contributed by atoms with van der Waals surface area (Å²) in [4.78, 5) is 12.6. The smallest absolute Gasteiger partial charge is 0.416 e. The van der Waals surface area contributed by atoms with Crippen LogP contribution in [-0.4, -0.2) is 12.0 Å². The maximum atomic E-state index is 12.9. The molecule has 0 unspecified atom stereocenters. The van der Waals surface area contributed by atoms with E-state index in [2.05, 4.69) is 5.32 Å². The lowest BCUT2D eigenvalue weighted by molar-refractivity contribution is -0.137. The van der Waals surface area contributed by atoms with Crippen LogP contribution < -0.4 is 10.1 Å². The SMILES string of the molecule is CC[C@@H](Oc1cccc2ccccc12)C(=O)Nc1cc(C(F)(F)F)ccc1Cl. The van der Waals surface area contributed by atoms with Crippen molar-refractivity contribution in [3.8, 4) is 5.75 Å². The topological polar surface area (TPSA) is 38.3 Å². The predicted octanol–water partition coefficient (Wildman–Crippen LogP) is 6.31. The van der Waals surface area contributed by atoms with E-state index < -0.39 is 23.8 Å². The van der Waals surface area contributed by atoms with E-state index in [4.69, 9.17) is 16.3 Å². The van der Waals surface area contributed by atoms with Gasteiger partial charge in [-0.15, -0.1) is 0 Å². The zero-order valence-corrected chi connectivity index (χ0v) is 15.6. The van der Waals surface area contributed by atoms with E-state index in [1.165, 1.54) is 0 Å². The van der Waals surface area contributed by atoms with Gasteiger partial charge in [0.05, 0.1) is 16.3 Å². The third-order valence-corrected chi connectivity index (χ3v) is 4.56. The molecule has 0 aliphatic carbocycles. The number of carbonyl (C=O) groups excluding carboxylic acids is 1. The van der Waals surface area contributed by atoms with Crippen LogP contribution in [0, 0.1) is 0 Å². The maximum Gasteiger partial charge on any atom is 0.416 e. The van der Waals surface area contributed by atoms with Crippen LogP contribution in [0.3, 0.4) is 0 Å². The van der Waals surface area contributed by atoms with Crippen LogP contribution in [0.1, 0.15) is 18.9 Å². The van der Waals surface area contributed by atoms with Crippen LogP contribution in [0.5, 0.6) is 5.75 Å². The van der Waals surface area contributed by atoms with Gasteiger partial charge in [0.25, 0.3) is 5.91 Å². The summed E-state index contributed by atoms with van der Waals surface area (Å²) in [6.45, 7) is 1.75. The summed E-state index contributed by atoms with van der Waals surface area (Å²) >= 11 is 5.95. The normalized spacial score (nSPS) is 12.6. The number of amides is 1. The Balaban J connectivity index is 1.83. The van der Waals surface area contributed by atoms with Crippen molar-refractivity contribution in [1.82, 2.24) is 0 Å². The highest BCUT2D eigenvalue weighted by molar-refractivity contribution is 6.33. The molecule has 3 nitrogen and oxygen atoms in total. The number of hydrogen-bond acceptors (Lipinski definition) is 2. The number of alkyl halides is 3. The van der Waals surface area contributed by atoms with E-state index in [0.717, 1.165) is 29.0 Å². The van der Waals surface area contributed by atoms with Crippen molar-refractivity contribution in [2.75, 3.05) is 5.32 Å². The average molecular weight is 408 g/mol. The quantitative estimate of drug-likeness (QED) is 0.538. The highest BCUT2D eigenvalue weighted by Gasteiger charge is 2.31. The molecule has 0 saturated carbocycles. The molecule has 0 radical (unpaired) electrons. The number of benzene rings is 3. The Morgan fingerprint density at radius 2 is 1.82 bits per heavy atom. The summed E-state index contributed by atoms with van der Waals surface area (Å²) in [5, 5.41) is 4.26. The first-order valence-electron chi connectivity index (χ1n) is 8.61. The molecule has 3 aromatic rings. The molecule has 0 fully saturated rings. The van der Waals surface area contributed by atoms with E-state index in [-0.39, 0.29) is 10.7 Å². The van der Waals surface area contributed by atoms with Gasteiger partial charge in [0.15, 0.2) is 6.10 Å². The molecule has 0 heterocycles. The highest BCUT2D eigenvalue weighted by Crippen LogP contribution is 2.34. The Kier molecular flexibility index (Phi) is 5.79. The van der Waals surface area contributed by atoms with Crippen molar-refractivity contribution >= 4 is 34.0 Å². The second-order valence-electron chi connectivity index (χ2n) is 6.17. The van der Waals surface area contributed by atoms with Crippen LogP contribution in [-0.2, 0) is 11.0 Å². The Hall–Kier alpha value is -2.73. The molecule has 1 amide bonds. The molecule has 3 rings (SSSR count). The summed E-state index contributed by atoms with van der Waals surface area (Å²) < 4.78 is 44.6. The third kappa shape index (κ3) is 4.39. The first kappa shape index (κ1) is 20.0. The zero-order chi connectivity index (χ0) is 20.3. The monoisotopic (exact) mass is 407 g/mol. The summed E-state index contributed by atoms with van der Waals surface area (Å²) in [6, 6.07) is 15.8. The molecular formula is C21H17ClF3NO2. The summed E-state index contributed by atoms with van der Waals surface area (Å²) in [5.41, 5.74) is -1.00. The second-order valence-corrected chi connectivity index (χ2v) is 6.58. The molecule has 0 aliphatic heterocycles. The molecule has 0 aliphatic rings. The minimum Gasteiger partial charge on any atom is -0.480 e. The van der Waals surface area contributed by atoms with Crippen LogP contribution in [0.4, 0.5) is 18.9 Å². The molecule has 28 heavy (non-hydrogen) atoms. The van der Waals surface area contributed by atoms with E-state index in [1.54, 1.807) is 13.0 Å². The summed E-state index contributed by atoms with van der Waals surface area (Å²) in [5.74, 6) is -0.0492. The van der Waals surface area contributed by atoms with Crippen molar-refractivity contribution in [2.45, 2.75) is 25.6 Å².